The summed E-state index contributed by atoms with van der Waals surface area (Å²) in [5, 5.41) is 0. The van der Waals surface area contributed by atoms with Gasteiger partial charge in [-0.05, 0) is 12.1 Å². The van der Waals surface area contributed by atoms with Gasteiger partial charge in [0.15, 0.2) is 17.3 Å². The predicted molar refractivity (Wildman–Crippen MR) is 39.5 cm³/mol. The van der Waals surface area contributed by atoms with E-state index in [0.717, 1.165) is 6.07 Å². The number of hydrogen-bond acceptors (Lipinski definition) is 2. The Hall–Kier alpha value is -1.32. The van der Waals surface area contributed by atoms with E-state index in [2.05, 4.69) is 9.47 Å². The third-order valence-electron chi connectivity index (χ3n) is 1.44. The van der Waals surface area contributed by atoms with Crippen LogP contribution in [-0.4, -0.2) is 14.2 Å². The molecule has 1 aromatic rings. The van der Waals surface area contributed by atoms with Crippen LogP contribution in [0, 0.1) is 11.6 Å². The minimum atomic E-state index is -0.819. The molecule has 0 bridgehead atoms. The van der Waals surface area contributed by atoms with Crippen molar-refractivity contribution in [1.29, 1.82) is 0 Å². The Balaban J connectivity index is 3.24. The zero-order valence-corrected chi connectivity index (χ0v) is 6.73. The first-order chi connectivity index (χ1) is 5.70. The molecule has 66 valence electrons. The maximum absolute atomic E-state index is 13.0. The fourth-order valence-corrected chi connectivity index (χ4v) is 0.859. The molecule has 0 unspecified atom stereocenters. The van der Waals surface area contributed by atoms with Crippen molar-refractivity contribution in [2.75, 3.05) is 14.2 Å². The van der Waals surface area contributed by atoms with Crippen LogP contribution in [-0.2, 0) is 0 Å². The van der Waals surface area contributed by atoms with E-state index in [1.54, 1.807) is 0 Å². The van der Waals surface area contributed by atoms with Gasteiger partial charge in [0.25, 0.3) is 0 Å². The SMILES string of the molecule is COc1ccc(F)c(OC)c1F. The van der Waals surface area contributed by atoms with Gasteiger partial charge in [-0.1, -0.05) is 0 Å². The van der Waals surface area contributed by atoms with Gasteiger partial charge in [0.1, 0.15) is 0 Å². The lowest BCUT2D eigenvalue weighted by atomic mass is 10.3. The first-order valence-corrected chi connectivity index (χ1v) is 3.26. The molecule has 0 heterocycles. The lowest BCUT2D eigenvalue weighted by Gasteiger charge is -2.06. The standard InChI is InChI=1S/C8H8F2O2/c1-11-6-4-3-5(9)8(12-2)7(6)10/h3-4H,1-2H3. The van der Waals surface area contributed by atoms with Gasteiger partial charge in [-0.15, -0.1) is 0 Å². The lowest BCUT2D eigenvalue weighted by Crippen LogP contribution is -1.95. The van der Waals surface area contributed by atoms with Gasteiger partial charge >= 0.3 is 0 Å². The number of benzene rings is 1. The molecule has 0 spiro atoms. The summed E-state index contributed by atoms with van der Waals surface area (Å²) < 4.78 is 34.9. The third kappa shape index (κ3) is 1.32. The van der Waals surface area contributed by atoms with E-state index in [1.807, 2.05) is 0 Å². The fourth-order valence-electron chi connectivity index (χ4n) is 0.859. The number of ether oxygens (including phenoxy) is 2. The summed E-state index contributed by atoms with van der Waals surface area (Å²) in [7, 11) is 2.50. The van der Waals surface area contributed by atoms with Crippen LogP contribution in [0.25, 0.3) is 0 Å². The Morgan fingerprint density at radius 3 is 2.25 bits per heavy atom. The van der Waals surface area contributed by atoms with Crippen molar-refractivity contribution in [1.82, 2.24) is 0 Å². The second kappa shape index (κ2) is 3.38. The van der Waals surface area contributed by atoms with Crippen molar-refractivity contribution in [2.24, 2.45) is 0 Å². The average molecular weight is 174 g/mol. The second-order valence-electron chi connectivity index (χ2n) is 2.10. The van der Waals surface area contributed by atoms with E-state index in [4.69, 9.17) is 0 Å². The highest BCUT2D eigenvalue weighted by atomic mass is 19.1. The molecule has 4 heteroatoms. The molecule has 0 aromatic heterocycles. The molecular weight excluding hydrogens is 166 g/mol. The highest BCUT2D eigenvalue weighted by Gasteiger charge is 2.13. The van der Waals surface area contributed by atoms with Crippen LogP contribution >= 0.6 is 0 Å². The van der Waals surface area contributed by atoms with Crippen LogP contribution in [0.15, 0.2) is 12.1 Å². The zero-order chi connectivity index (χ0) is 9.14. The van der Waals surface area contributed by atoms with Crippen LogP contribution in [0.1, 0.15) is 0 Å². The highest BCUT2D eigenvalue weighted by Crippen LogP contribution is 2.28. The summed E-state index contributed by atoms with van der Waals surface area (Å²) in [6, 6.07) is 2.29. The van der Waals surface area contributed by atoms with Crippen molar-refractivity contribution in [3.63, 3.8) is 0 Å². The molecule has 1 aromatic carbocycles. The number of rotatable bonds is 2. The first-order valence-electron chi connectivity index (χ1n) is 3.26. The summed E-state index contributed by atoms with van der Waals surface area (Å²) in [6.45, 7) is 0. The van der Waals surface area contributed by atoms with Crippen LogP contribution in [0.4, 0.5) is 8.78 Å². The van der Waals surface area contributed by atoms with Gasteiger partial charge in [0, 0.05) is 0 Å². The fraction of sp³-hybridized carbons (Fsp3) is 0.250. The molecule has 0 amide bonds. The molecule has 0 radical (unpaired) electrons. The predicted octanol–water partition coefficient (Wildman–Crippen LogP) is 1.98. The Kier molecular flexibility index (Phi) is 2.47. The van der Waals surface area contributed by atoms with E-state index >= 15 is 0 Å². The van der Waals surface area contributed by atoms with Crippen LogP contribution in [0.2, 0.25) is 0 Å². The normalized spacial score (nSPS) is 9.67. The number of hydrogen-bond donors (Lipinski definition) is 0. The van der Waals surface area contributed by atoms with Gasteiger partial charge in [-0.3, -0.25) is 0 Å². The molecular formula is C8H8F2O2. The van der Waals surface area contributed by atoms with Gasteiger partial charge in [0.05, 0.1) is 14.2 Å². The minimum Gasteiger partial charge on any atom is -0.494 e. The van der Waals surface area contributed by atoms with Gasteiger partial charge < -0.3 is 9.47 Å². The van der Waals surface area contributed by atoms with Crippen molar-refractivity contribution >= 4 is 0 Å². The molecule has 0 aliphatic rings. The summed E-state index contributed by atoms with van der Waals surface area (Å²) in [5.41, 5.74) is 0. The third-order valence-corrected chi connectivity index (χ3v) is 1.44. The van der Waals surface area contributed by atoms with Crippen LogP contribution in [0.3, 0.4) is 0 Å². The van der Waals surface area contributed by atoms with Crippen LogP contribution in [0.5, 0.6) is 11.5 Å². The molecule has 0 atom stereocenters. The second-order valence-corrected chi connectivity index (χ2v) is 2.10. The highest BCUT2D eigenvalue weighted by molar-refractivity contribution is 5.36. The molecule has 0 aliphatic heterocycles. The van der Waals surface area contributed by atoms with Gasteiger partial charge in [-0.25, -0.2) is 4.39 Å². The Bertz CT molecular complexity index is 287. The minimum absolute atomic E-state index is 0.0340. The van der Waals surface area contributed by atoms with Crippen molar-refractivity contribution < 1.29 is 18.3 Å². The molecule has 0 fully saturated rings. The van der Waals surface area contributed by atoms with E-state index < -0.39 is 17.4 Å². The van der Waals surface area contributed by atoms with Crippen LogP contribution < -0.4 is 9.47 Å². The molecule has 0 saturated heterocycles. The zero-order valence-electron chi connectivity index (χ0n) is 6.73. The Morgan fingerprint density at radius 2 is 1.75 bits per heavy atom. The quantitative estimate of drug-likeness (QED) is 0.682. The Morgan fingerprint density at radius 1 is 1.08 bits per heavy atom. The lowest BCUT2D eigenvalue weighted by molar-refractivity contribution is 0.333. The van der Waals surface area contributed by atoms with E-state index in [-0.39, 0.29) is 5.75 Å². The first kappa shape index (κ1) is 8.77. The monoisotopic (exact) mass is 174 g/mol. The summed E-state index contributed by atoms with van der Waals surface area (Å²) in [6.07, 6.45) is 0. The molecule has 12 heavy (non-hydrogen) atoms. The van der Waals surface area contributed by atoms with Crippen molar-refractivity contribution in [3.8, 4) is 11.5 Å². The largest absolute Gasteiger partial charge is 0.494 e. The Labute approximate surface area is 68.7 Å². The smallest absolute Gasteiger partial charge is 0.209 e. The maximum atomic E-state index is 13.0. The number of halogens is 2. The average Bonchev–Trinajstić information content (AvgIpc) is 2.06. The molecule has 0 saturated carbocycles. The van der Waals surface area contributed by atoms with E-state index in [9.17, 15) is 8.78 Å². The van der Waals surface area contributed by atoms with Crippen molar-refractivity contribution in [3.05, 3.63) is 23.8 Å². The maximum Gasteiger partial charge on any atom is 0.209 e. The molecule has 0 aliphatic carbocycles. The molecule has 0 N–H and O–H groups in total. The summed E-state index contributed by atoms with van der Waals surface area (Å²) >= 11 is 0. The summed E-state index contributed by atoms with van der Waals surface area (Å²) in [5.74, 6) is -2.02. The molecule has 1 rings (SSSR count). The van der Waals surface area contributed by atoms with Crippen molar-refractivity contribution in [2.45, 2.75) is 0 Å². The van der Waals surface area contributed by atoms with E-state index in [0.29, 0.717) is 0 Å². The summed E-state index contributed by atoms with van der Waals surface area (Å²) in [4.78, 5) is 0. The topological polar surface area (TPSA) is 18.5 Å². The number of methoxy groups -OCH3 is 2. The molecule has 2 nitrogen and oxygen atoms in total. The van der Waals surface area contributed by atoms with E-state index in [1.165, 1.54) is 20.3 Å². The van der Waals surface area contributed by atoms with Gasteiger partial charge in [0.2, 0.25) is 5.82 Å². The van der Waals surface area contributed by atoms with Gasteiger partial charge in [-0.2, -0.15) is 4.39 Å².